The Morgan fingerprint density at radius 1 is 0.765 bits per heavy atom. The van der Waals surface area contributed by atoms with E-state index in [9.17, 15) is 0 Å². The summed E-state index contributed by atoms with van der Waals surface area (Å²) in [6.45, 7) is 5.27. The van der Waals surface area contributed by atoms with Crippen LogP contribution in [0.2, 0.25) is 0 Å². The molecule has 2 aliphatic carbocycles. The van der Waals surface area contributed by atoms with Gasteiger partial charge < -0.3 is 4.74 Å². The summed E-state index contributed by atoms with van der Waals surface area (Å²) in [5.41, 5.74) is 4.11. The Kier molecular flexibility index (Phi) is 9.32. The molecule has 34 heavy (non-hydrogen) atoms. The minimum atomic E-state index is 0.665. The molecule has 2 fully saturated rings. The summed E-state index contributed by atoms with van der Waals surface area (Å²) in [6, 6.07) is 17.9. The number of allylic oxidation sites excluding steroid dienone is 2. The van der Waals surface area contributed by atoms with Crippen LogP contribution >= 0.6 is 0 Å². The zero-order valence-electron chi connectivity index (χ0n) is 21.3. The van der Waals surface area contributed by atoms with Crippen LogP contribution in [0, 0.1) is 23.7 Å². The summed E-state index contributed by atoms with van der Waals surface area (Å²) in [4.78, 5) is 0. The first kappa shape index (κ1) is 24.7. The van der Waals surface area contributed by atoms with Gasteiger partial charge in [-0.2, -0.15) is 0 Å². The van der Waals surface area contributed by atoms with Gasteiger partial charge >= 0.3 is 0 Å². The molecule has 0 heterocycles. The molecule has 4 rings (SSSR count). The van der Waals surface area contributed by atoms with E-state index >= 15 is 0 Å². The summed E-state index contributed by atoms with van der Waals surface area (Å²) >= 11 is 0. The highest BCUT2D eigenvalue weighted by molar-refractivity contribution is 5.39. The number of benzene rings is 2. The van der Waals surface area contributed by atoms with Gasteiger partial charge in [0.1, 0.15) is 5.75 Å². The second kappa shape index (κ2) is 12.9. The van der Waals surface area contributed by atoms with Crippen molar-refractivity contribution < 1.29 is 4.74 Å². The fourth-order valence-electron chi connectivity index (χ4n) is 5.75. The second-order valence-corrected chi connectivity index (χ2v) is 10.4. The third-order valence-corrected chi connectivity index (χ3v) is 8.07. The Labute approximate surface area is 208 Å². The van der Waals surface area contributed by atoms with Crippen LogP contribution in [-0.2, 0) is 0 Å². The maximum absolute atomic E-state index is 5.72. The molecule has 1 heteroatoms. The molecule has 0 N–H and O–H groups in total. The molecule has 1 nitrogen and oxygen atoms in total. The summed E-state index contributed by atoms with van der Waals surface area (Å²) in [5, 5.41) is 0. The number of hydrogen-bond acceptors (Lipinski definition) is 1. The molecule has 0 unspecified atom stereocenters. The van der Waals surface area contributed by atoms with E-state index in [-0.39, 0.29) is 0 Å². The first-order valence-electron chi connectivity index (χ1n) is 13.8. The van der Waals surface area contributed by atoms with E-state index in [4.69, 9.17) is 4.74 Å². The van der Waals surface area contributed by atoms with Crippen molar-refractivity contribution in [3.05, 3.63) is 77.4 Å². The number of hydrogen-bond donors (Lipinski definition) is 0. The molecule has 0 amide bonds. The topological polar surface area (TPSA) is 9.23 Å². The molecule has 0 aliphatic heterocycles. The Morgan fingerprint density at radius 2 is 1.35 bits per heavy atom. The van der Waals surface area contributed by atoms with Gasteiger partial charge in [0.2, 0.25) is 0 Å². The highest BCUT2D eigenvalue weighted by Gasteiger charge is 2.22. The van der Waals surface area contributed by atoms with Crippen LogP contribution in [0.5, 0.6) is 5.75 Å². The third kappa shape index (κ3) is 7.02. The Morgan fingerprint density at radius 3 is 1.94 bits per heavy atom. The van der Waals surface area contributed by atoms with E-state index < -0.39 is 0 Å². The monoisotopic (exact) mass is 454 g/mol. The maximum Gasteiger partial charge on any atom is 0.119 e. The van der Waals surface area contributed by atoms with E-state index in [0.717, 1.165) is 36.2 Å². The molecule has 0 aromatic heterocycles. The van der Waals surface area contributed by atoms with Crippen LogP contribution in [0.3, 0.4) is 0 Å². The van der Waals surface area contributed by atoms with Crippen LogP contribution in [0.25, 0.3) is 0 Å². The fourth-order valence-corrected chi connectivity index (χ4v) is 5.75. The average molecular weight is 455 g/mol. The Balaban J connectivity index is 1.21. The van der Waals surface area contributed by atoms with Gasteiger partial charge in [0.15, 0.2) is 0 Å². The van der Waals surface area contributed by atoms with Crippen molar-refractivity contribution in [2.75, 3.05) is 6.61 Å². The van der Waals surface area contributed by atoms with Crippen molar-refractivity contribution in [1.82, 2.24) is 0 Å². The lowest BCUT2D eigenvalue weighted by atomic mass is 9.78. The van der Waals surface area contributed by atoms with Crippen LogP contribution in [-0.4, -0.2) is 6.61 Å². The van der Waals surface area contributed by atoms with Gasteiger partial charge in [-0.25, -0.2) is 0 Å². The lowest BCUT2D eigenvalue weighted by molar-refractivity contribution is 0.317. The summed E-state index contributed by atoms with van der Waals surface area (Å²) in [7, 11) is 0. The first-order valence-corrected chi connectivity index (χ1v) is 13.8. The highest BCUT2D eigenvalue weighted by Crippen LogP contribution is 2.38. The zero-order chi connectivity index (χ0) is 23.6. The molecule has 2 saturated carbocycles. The molecule has 2 aromatic rings. The molecule has 2 aromatic carbocycles. The average Bonchev–Trinajstić information content (AvgIpc) is 2.91. The van der Waals surface area contributed by atoms with Crippen molar-refractivity contribution in [2.24, 2.45) is 11.8 Å². The lowest BCUT2D eigenvalue weighted by Gasteiger charge is -2.28. The number of ether oxygens (including phenoxy) is 1. The summed E-state index contributed by atoms with van der Waals surface area (Å²) in [6.07, 6.45) is 17.4. The highest BCUT2D eigenvalue weighted by atomic mass is 16.5. The predicted octanol–water partition coefficient (Wildman–Crippen LogP) is 9.04. The molecule has 2 aliphatic rings. The van der Waals surface area contributed by atoms with Gasteiger partial charge in [0, 0.05) is 5.56 Å². The molecular weight excluding hydrogens is 412 g/mol. The molecule has 0 atom stereocenters. The zero-order valence-corrected chi connectivity index (χ0v) is 21.3. The van der Waals surface area contributed by atoms with E-state index in [1.54, 1.807) is 0 Å². The molecule has 0 bridgehead atoms. The molecule has 0 spiro atoms. The largest absolute Gasteiger partial charge is 0.494 e. The van der Waals surface area contributed by atoms with Gasteiger partial charge in [0.05, 0.1) is 6.61 Å². The quantitative estimate of drug-likeness (QED) is 0.379. The Hall–Kier alpha value is -2.46. The molecule has 0 radical (unpaired) electrons. The second-order valence-electron chi connectivity index (χ2n) is 10.4. The van der Waals surface area contributed by atoms with Crippen LogP contribution < -0.4 is 4.74 Å². The minimum Gasteiger partial charge on any atom is -0.494 e. The third-order valence-electron chi connectivity index (χ3n) is 8.07. The van der Waals surface area contributed by atoms with Crippen LogP contribution in [0.4, 0.5) is 0 Å². The van der Waals surface area contributed by atoms with Gasteiger partial charge in [-0.1, -0.05) is 62.5 Å². The molecule has 0 saturated heterocycles. The van der Waals surface area contributed by atoms with Crippen molar-refractivity contribution in [3.63, 3.8) is 0 Å². The molecule has 180 valence electrons. The SMILES string of the molecule is CCCOc1ccc([C@H]2CC[C@H](/C=C/C#Cc3ccc([C@H]4CC[C@H](CC)CC4)cc3)CC2)cc1. The van der Waals surface area contributed by atoms with Crippen molar-refractivity contribution in [1.29, 1.82) is 0 Å². The number of rotatable bonds is 7. The van der Waals surface area contributed by atoms with E-state index in [2.05, 4.69) is 86.4 Å². The summed E-state index contributed by atoms with van der Waals surface area (Å²) < 4.78 is 5.72. The predicted molar refractivity (Wildman–Crippen MR) is 144 cm³/mol. The van der Waals surface area contributed by atoms with Crippen molar-refractivity contribution in [3.8, 4) is 17.6 Å². The first-order chi connectivity index (χ1) is 16.7. The maximum atomic E-state index is 5.72. The van der Waals surface area contributed by atoms with Crippen molar-refractivity contribution in [2.45, 2.75) is 89.9 Å². The van der Waals surface area contributed by atoms with Crippen LogP contribution in [0.1, 0.15) is 107 Å². The molecular formula is C33H42O. The fraction of sp³-hybridized carbons (Fsp3) is 0.515. The van der Waals surface area contributed by atoms with E-state index in [1.807, 2.05) is 0 Å². The van der Waals surface area contributed by atoms with Gasteiger partial charge in [0.25, 0.3) is 0 Å². The van der Waals surface area contributed by atoms with Gasteiger partial charge in [-0.15, -0.1) is 0 Å². The standard InChI is InChI=1S/C33H42O/c1-3-25-34-33-23-21-32(22-24-33)31-19-13-28(14-20-31)8-6-5-7-27-11-17-30(18-12-27)29-15-9-26(4-2)10-16-29/h6,8,11-12,17-18,21-24,26,28-29,31H,3-4,9-10,13-16,19-20,25H2,1-2H3/b8-6+/t26-,28-,29-,31-. The summed E-state index contributed by atoms with van der Waals surface area (Å²) in [5.74, 6) is 10.7. The van der Waals surface area contributed by atoms with Crippen molar-refractivity contribution >= 4 is 0 Å². The van der Waals surface area contributed by atoms with Gasteiger partial charge in [-0.05, 0) is 123 Å². The van der Waals surface area contributed by atoms with Gasteiger partial charge in [-0.3, -0.25) is 0 Å². The Bertz CT molecular complexity index is 940. The minimum absolute atomic E-state index is 0.665. The normalized spacial score (nSPS) is 25.0. The lowest BCUT2D eigenvalue weighted by Crippen LogP contribution is -2.12. The van der Waals surface area contributed by atoms with E-state index in [1.165, 1.54) is 68.9 Å². The smallest absolute Gasteiger partial charge is 0.119 e. The van der Waals surface area contributed by atoms with E-state index in [0.29, 0.717) is 11.8 Å². The van der Waals surface area contributed by atoms with Crippen LogP contribution in [0.15, 0.2) is 60.7 Å².